The predicted molar refractivity (Wildman–Crippen MR) is 67.2 cm³/mol. The molecule has 0 fully saturated rings. The molecule has 0 bridgehead atoms. The minimum atomic E-state index is -0.230. The van der Waals surface area contributed by atoms with Gasteiger partial charge in [-0.2, -0.15) is 0 Å². The van der Waals surface area contributed by atoms with Crippen LogP contribution in [0.15, 0.2) is 18.2 Å². The Bertz CT molecular complexity index is 519. The molecule has 92 valence electrons. The highest BCUT2D eigenvalue weighted by atomic mass is 19.1. The molecule has 1 atom stereocenters. The van der Waals surface area contributed by atoms with Crippen LogP contribution in [0.25, 0.3) is 11.0 Å². The SMILES string of the molecule is CCCn1c(C(N)CC)nc2ccc(F)cc21. The van der Waals surface area contributed by atoms with E-state index < -0.39 is 0 Å². The van der Waals surface area contributed by atoms with Crippen molar-refractivity contribution in [3.8, 4) is 0 Å². The van der Waals surface area contributed by atoms with Crippen LogP contribution in [0.3, 0.4) is 0 Å². The standard InChI is InChI=1S/C13H18FN3/c1-3-7-17-12-8-9(14)5-6-11(12)16-13(17)10(15)4-2/h5-6,8,10H,3-4,7,15H2,1-2H3. The highest BCUT2D eigenvalue weighted by molar-refractivity contribution is 5.76. The zero-order valence-corrected chi connectivity index (χ0v) is 10.3. The van der Waals surface area contributed by atoms with Crippen molar-refractivity contribution in [2.45, 2.75) is 39.3 Å². The highest BCUT2D eigenvalue weighted by Gasteiger charge is 2.15. The van der Waals surface area contributed by atoms with Crippen LogP contribution < -0.4 is 5.73 Å². The number of benzene rings is 1. The summed E-state index contributed by atoms with van der Waals surface area (Å²) in [4.78, 5) is 4.51. The number of fused-ring (bicyclic) bond motifs is 1. The van der Waals surface area contributed by atoms with Crippen LogP contribution in [-0.4, -0.2) is 9.55 Å². The number of nitrogens with zero attached hydrogens (tertiary/aromatic N) is 2. The van der Waals surface area contributed by atoms with E-state index in [0.29, 0.717) is 0 Å². The summed E-state index contributed by atoms with van der Waals surface area (Å²) >= 11 is 0. The Morgan fingerprint density at radius 3 is 2.82 bits per heavy atom. The molecule has 1 aromatic heterocycles. The molecule has 2 aromatic rings. The second kappa shape index (κ2) is 4.84. The number of rotatable bonds is 4. The van der Waals surface area contributed by atoms with Crippen molar-refractivity contribution in [1.82, 2.24) is 9.55 Å². The molecule has 3 nitrogen and oxygen atoms in total. The Balaban J connectivity index is 2.62. The van der Waals surface area contributed by atoms with Crippen molar-refractivity contribution >= 4 is 11.0 Å². The maximum Gasteiger partial charge on any atom is 0.126 e. The van der Waals surface area contributed by atoms with E-state index in [4.69, 9.17) is 5.73 Å². The maximum atomic E-state index is 13.3. The summed E-state index contributed by atoms with van der Waals surface area (Å²) in [6.45, 7) is 4.94. The Morgan fingerprint density at radius 1 is 1.41 bits per heavy atom. The van der Waals surface area contributed by atoms with E-state index in [1.54, 1.807) is 6.07 Å². The van der Waals surface area contributed by atoms with E-state index in [2.05, 4.69) is 11.9 Å². The first-order chi connectivity index (χ1) is 8.17. The number of nitrogens with two attached hydrogens (primary N) is 1. The molecule has 0 radical (unpaired) electrons. The van der Waals surface area contributed by atoms with Crippen molar-refractivity contribution in [3.63, 3.8) is 0 Å². The molecule has 0 saturated carbocycles. The molecular weight excluding hydrogens is 217 g/mol. The van der Waals surface area contributed by atoms with Gasteiger partial charge in [-0.05, 0) is 31.0 Å². The van der Waals surface area contributed by atoms with E-state index in [1.807, 2.05) is 11.5 Å². The Kier molecular flexibility index (Phi) is 3.43. The molecular formula is C13H18FN3. The van der Waals surface area contributed by atoms with Gasteiger partial charge in [0.25, 0.3) is 0 Å². The lowest BCUT2D eigenvalue weighted by molar-refractivity contribution is 0.574. The zero-order valence-electron chi connectivity index (χ0n) is 10.3. The lowest BCUT2D eigenvalue weighted by Crippen LogP contribution is -2.15. The van der Waals surface area contributed by atoms with Crippen LogP contribution in [0.1, 0.15) is 38.6 Å². The normalized spacial score (nSPS) is 13.2. The molecule has 4 heteroatoms. The van der Waals surface area contributed by atoms with Gasteiger partial charge in [0, 0.05) is 6.54 Å². The van der Waals surface area contributed by atoms with Gasteiger partial charge in [-0.1, -0.05) is 13.8 Å². The van der Waals surface area contributed by atoms with E-state index in [9.17, 15) is 4.39 Å². The molecule has 2 rings (SSSR count). The van der Waals surface area contributed by atoms with Crippen LogP contribution in [-0.2, 0) is 6.54 Å². The average Bonchev–Trinajstić information content (AvgIpc) is 2.67. The molecule has 2 N–H and O–H groups in total. The molecule has 0 aliphatic rings. The maximum absolute atomic E-state index is 13.3. The topological polar surface area (TPSA) is 43.8 Å². The Labute approximate surface area is 100 Å². The van der Waals surface area contributed by atoms with Gasteiger partial charge in [-0.15, -0.1) is 0 Å². The van der Waals surface area contributed by atoms with Gasteiger partial charge in [-0.3, -0.25) is 0 Å². The van der Waals surface area contributed by atoms with Crippen LogP contribution >= 0.6 is 0 Å². The van der Waals surface area contributed by atoms with Crippen LogP contribution in [0.5, 0.6) is 0 Å². The monoisotopic (exact) mass is 235 g/mol. The summed E-state index contributed by atoms with van der Waals surface area (Å²) in [5, 5.41) is 0. The number of imidazole rings is 1. The summed E-state index contributed by atoms with van der Waals surface area (Å²) in [5.74, 6) is 0.626. The summed E-state index contributed by atoms with van der Waals surface area (Å²) in [6.07, 6.45) is 1.81. The fraction of sp³-hybridized carbons (Fsp3) is 0.462. The summed E-state index contributed by atoms with van der Waals surface area (Å²) in [6, 6.07) is 4.59. The molecule has 0 aliphatic carbocycles. The van der Waals surface area contributed by atoms with Crippen molar-refractivity contribution in [2.75, 3.05) is 0 Å². The highest BCUT2D eigenvalue weighted by Crippen LogP contribution is 2.22. The van der Waals surface area contributed by atoms with Gasteiger partial charge >= 0.3 is 0 Å². The number of hydrogen-bond donors (Lipinski definition) is 1. The first-order valence-corrected chi connectivity index (χ1v) is 6.08. The molecule has 1 heterocycles. The average molecular weight is 235 g/mol. The van der Waals surface area contributed by atoms with Crippen LogP contribution in [0, 0.1) is 5.82 Å². The molecule has 1 unspecified atom stereocenters. The number of aryl methyl sites for hydroxylation is 1. The smallest absolute Gasteiger partial charge is 0.126 e. The largest absolute Gasteiger partial charge is 0.327 e. The first kappa shape index (κ1) is 12.0. The molecule has 0 aliphatic heterocycles. The molecule has 0 spiro atoms. The predicted octanol–water partition coefficient (Wildman–Crippen LogP) is 3.00. The van der Waals surface area contributed by atoms with Crippen molar-refractivity contribution in [3.05, 3.63) is 29.8 Å². The second-order valence-electron chi connectivity index (χ2n) is 4.27. The van der Waals surface area contributed by atoms with Gasteiger partial charge in [0.15, 0.2) is 0 Å². The molecule has 0 amide bonds. The van der Waals surface area contributed by atoms with E-state index in [0.717, 1.165) is 36.2 Å². The molecule has 1 aromatic carbocycles. The number of aromatic nitrogens is 2. The van der Waals surface area contributed by atoms with Gasteiger partial charge in [0.1, 0.15) is 11.6 Å². The van der Waals surface area contributed by atoms with E-state index in [-0.39, 0.29) is 11.9 Å². The molecule has 17 heavy (non-hydrogen) atoms. The molecule has 0 saturated heterocycles. The fourth-order valence-corrected chi connectivity index (χ4v) is 2.04. The van der Waals surface area contributed by atoms with E-state index in [1.165, 1.54) is 12.1 Å². The minimum Gasteiger partial charge on any atom is -0.327 e. The lowest BCUT2D eigenvalue weighted by atomic mass is 10.2. The van der Waals surface area contributed by atoms with Gasteiger partial charge in [-0.25, -0.2) is 9.37 Å². The minimum absolute atomic E-state index is 0.0861. The fourth-order valence-electron chi connectivity index (χ4n) is 2.04. The van der Waals surface area contributed by atoms with Gasteiger partial charge < -0.3 is 10.3 Å². The lowest BCUT2D eigenvalue weighted by Gasteiger charge is -2.12. The van der Waals surface area contributed by atoms with Gasteiger partial charge in [0.2, 0.25) is 0 Å². The van der Waals surface area contributed by atoms with Crippen molar-refractivity contribution in [1.29, 1.82) is 0 Å². The number of halogens is 1. The van der Waals surface area contributed by atoms with Crippen molar-refractivity contribution < 1.29 is 4.39 Å². The summed E-state index contributed by atoms with van der Waals surface area (Å²) in [5.41, 5.74) is 7.71. The third kappa shape index (κ3) is 2.17. The summed E-state index contributed by atoms with van der Waals surface area (Å²) in [7, 11) is 0. The number of hydrogen-bond acceptors (Lipinski definition) is 2. The second-order valence-corrected chi connectivity index (χ2v) is 4.27. The first-order valence-electron chi connectivity index (χ1n) is 6.08. The quantitative estimate of drug-likeness (QED) is 0.885. The Morgan fingerprint density at radius 2 is 2.18 bits per heavy atom. The third-order valence-corrected chi connectivity index (χ3v) is 2.96. The van der Waals surface area contributed by atoms with Crippen LogP contribution in [0.4, 0.5) is 4.39 Å². The van der Waals surface area contributed by atoms with Gasteiger partial charge in [0.05, 0.1) is 17.1 Å². The Hall–Kier alpha value is -1.42. The zero-order chi connectivity index (χ0) is 12.4. The summed E-state index contributed by atoms with van der Waals surface area (Å²) < 4.78 is 15.3. The third-order valence-electron chi connectivity index (χ3n) is 2.96. The van der Waals surface area contributed by atoms with Crippen molar-refractivity contribution in [2.24, 2.45) is 5.73 Å². The van der Waals surface area contributed by atoms with E-state index >= 15 is 0 Å². The van der Waals surface area contributed by atoms with Crippen LogP contribution in [0.2, 0.25) is 0 Å².